The van der Waals surface area contributed by atoms with E-state index in [1.807, 2.05) is 0 Å². The Balaban J connectivity index is 1.98. The van der Waals surface area contributed by atoms with Crippen LogP contribution in [0.25, 0.3) is 0 Å². The summed E-state index contributed by atoms with van der Waals surface area (Å²) in [5.74, 6) is 0.777. The molecular formula is C17H27N. The quantitative estimate of drug-likeness (QED) is 0.816. The Bertz CT molecular complexity index is 358. The lowest BCUT2D eigenvalue weighted by atomic mass is 9.81. The summed E-state index contributed by atoms with van der Waals surface area (Å²) in [6, 6.07) is 9.98. The second-order valence-corrected chi connectivity index (χ2v) is 5.61. The minimum Gasteiger partial charge on any atom is -0.314 e. The largest absolute Gasteiger partial charge is 0.314 e. The molecule has 1 fully saturated rings. The van der Waals surface area contributed by atoms with Crippen molar-refractivity contribution < 1.29 is 0 Å². The Labute approximate surface area is 112 Å². The highest BCUT2D eigenvalue weighted by Crippen LogP contribution is 2.33. The highest BCUT2D eigenvalue weighted by atomic mass is 14.9. The fourth-order valence-electron chi connectivity index (χ4n) is 3.09. The van der Waals surface area contributed by atoms with Gasteiger partial charge in [0.25, 0.3) is 0 Å². The summed E-state index contributed by atoms with van der Waals surface area (Å²) in [6.45, 7) is 5.66. The number of rotatable bonds is 5. The van der Waals surface area contributed by atoms with Crippen LogP contribution >= 0.6 is 0 Å². The average molecular weight is 245 g/mol. The highest BCUT2D eigenvalue weighted by Gasteiger charge is 2.22. The van der Waals surface area contributed by atoms with Crippen molar-refractivity contribution in [2.75, 3.05) is 6.54 Å². The van der Waals surface area contributed by atoms with Gasteiger partial charge in [-0.25, -0.2) is 0 Å². The van der Waals surface area contributed by atoms with Crippen LogP contribution in [0, 0.1) is 0 Å². The van der Waals surface area contributed by atoms with Gasteiger partial charge in [-0.15, -0.1) is 0 Å². The van der Waals surface area contributed by atoms with Crippen molar-refractivity contribution in [1.29, 1.82) is 0 Å². The zero-order valence-electron chi connectivity index (χ0n) is 11.9. The van der Waals surface area contributed by atoms with Gasteiger partial charge in [0, 0.05) is 6.04 Å². The topological polar surface area (TPSA) is 12.0 Å². The Morgan fingerprint density at radius 3 is 2.89 bits per heavy atom. The van der Waals surface area contributed by atoms with E-state index < -0.39 is 0 Å². The molecule has 0 bridgehead atoms. The minimum atomic E-state index is 0.744. The summed E-state index contributed by atoms with van der Waals surface area (Å²) < 4.78 is 0. The fourth-order valence-corrected chi connectivity index (χ4v) is 3.09. The zero-order chi connectivity index (χ0) is 12.8. The molecule has 100 valence electrons. The molecule has 0 amide bonds. The first-order valence-corrected chi connectivity index (χ1v) is 7.65. The van der Waals surface area contributed by atoms with Crippen molar-refractivity contribution in [1.82, 2.24) is 5.32 Å². The SMILES string of the molecule is CCCNC1CCCC(c2cccc(CC)c2)C1. The van der Waals surface area contributed by atoms with Crippen LogP contribution in [0.4, 0.5) is 0 Å². The van der Waals surface area contributed by atoms with Crippen molar-refractivity contribution in [3.63, 3.8) is 0 Å². The van der Waals surface area contributed by atoms with Crippen LogP contribution in [0.2, 0.25) is 0 Å². The van der Waals surface area contributed by atoms with Gasteiger partial charge < -0.3 is 5.32 Å². The van der Waals surface area contributed by atoms with Crippen molar-refractivity contribution in [3.8, 4) is 0 Å². The molecule has 1 aliphatic rings. The van der Waals surface area contributed by atoms with Crippen LogP contribution in [0.15, 0.2) is 24.3 Å². The number of hydrogen-bond donors (Lipinski definition) is 1. The molecule has 0 aromatic heterocycles. The monoisotopic (exact) mass is 245 g/mol. The molecule has 0 radical (unpaired) electrons. The summed E-state index contributed by atoms with van der Waals surface area (Å²) in [5.41, 5.74) is 3.05. The molecule has 1 saturated carbocycles. The molecule has 2 unspecified atom stereocenters. The van der Waals surface area contributed by atoms with Crippen molar-refractivity contribution in [3.05, 3.63) is 35.4 Å². The number of hydrogen-bond acceptors (Lipinski definition) is 1. The second kappa shape index (κ2) is 6.94. The molecular weight excluding hydrogens is 218 g/mol. The van der Waals surface area contributed by atoms with Crippen LogP contribution in [0.5, 0.6) is 0 Å². The number of aryl methyl sites for hydroxylation is 1. The Morgan fingerprint density at radius 2 is 2.11 bits per heavy atom. The molecule has 2 rings (SSSR count). The predicted molar refractivity (Wildman–Crippen MR) is 79.1 cm³/mol. The molecule has 0 aliphatic heterocycles. The molecule has 1 aliphatic carbocycles. The van der Waals surface area contributed by atoms with E-state index in [1.54, 1.807) is 5.56 Å². The van der Waals surface area contributed by atoms with E-state index in [4.69, 9.17) is 0 Å². The first-order chi connectivity index (χ1) is 8.83. The third-order valence-electron chi connectivity index (χ3n) is 4.19. The number of benzene rings is 1. The summed E-state index contributed by atoms with van der Waals surface area (Å²) in [4.78, 5) is 0. The zero-order valence-corrected chi connectivity index (χ0v) is 11.9. The van der Waals surface area contributed by atoms with E-state index in [0.717, 1.165) is 18.4 Å². The molecule has 0 saturated heterocycles. The first-order valence-electron chi connectivity index (χ1n) is 7.65. The van der Waals surface area contributed by atoms with E-state index in [9.17, 15) is 0 Å². The first kappa shape index (κ1) is 13.6. The lowest BCUT2D eigenvalue weighted by molar-refractivity contribution is 0.340. The van der Waals surface area contributed by atoms with E-state index in [0.29, 0.717) is 0 Å². The maximum absolute atomic E-state index is 3.70. The fraction of sp³-hybridized carbons (Fsp3) is 0.647. The molecule has 0 heterocycles. The van der Waals surface area contributed by atoms with Gasteiger partial charge >= 0.3 is 0 Å². The van der Waals surface area contributed by atoms with Gasteiger partial charge in [0.2, 0.25) is 0 Å². The lowest BCUT2D eigenvalue weighted by Crippen LogP contribution is -2.34. The van der Waals surface area contributed by atoms with Gasteiger partial charge in [-0.2, -0.15) is 0 Å². The van der Waals surface area contributed by atoms with Crippen LogP contribution in [-0.2, 0) is 6.42 Å². The smallest absolute Gasteiger partial charge is 0.00728 e. The third kappa shape index (κ3) is 3.58. The molecule has 1 nitrogen and oxygen atoms in total. The van der Waals surface area contributed by atoms with Gasteiger partial charge in [-0.3, -0.25) is 0 Å². The molecule has 0 spiro atoms. The molecule has 18 heavy (non-hydrogen) atoms. The third-order valence-corrected chi connectivity index (χ3v) is 4.19. The minimum absolute atomic E-state index is 0.744. The summed E-state index contributed by atoms with van der Waals surface area (Å²) >= 11 is 0. The maximum atomic E-state index is 3.70. The van der Waals surface area contributed by atoms with Crippen LogP contribution in [0.3, 0.4) is 0 Å². The maximum Gasteiger partial charge on any atom is 0.00728 e. The standard InChI is InChI=1S/C17H27N/c1-3-11-18-17-10-6-9-16(13-17)15-8-5-7-14(4-2)12-15/h5,7-8,12,16-18H,3-4,6,9-11,13H2,1-2H3. The number of nitrogens with one attached hydrogen (secondary N) is 1. The predicted octanol–water partition coefficient (Wildman–Crippen LogP) is 4.27. The van der Waals surface area contributed by atoms with Crippen LogP contribution < -0.4 is 5.32 Å². The Morgan fingerprint density at radius 1 is 1.22 bits per heavy atom. The summed E-state index contributed by atoms with van der Waals surface area (Å²) in [5, 5.41) is 3.70. The molecule has 2 atom stereocenters. The molecule has 1 aromatic rings. The van der Waals surface area contributed by atoms with E-state index in [2.05, 4.69) is 43.4 Å². The Hall–Kier alpha value is -0.820. The van der Waals surface area contributed by atoms with Gasteiger partial charge in [0.1, 0.15) is 0 Å². The van der Waals surface area contributed by atoms with E-state index >= 15 is 0 Å². The van der Waals surface area contributed by atoms with Crippen LogP contribution in [-0.4, -0.2) is 12.6 Å². The van der Waals surface area contributed by atoms with Crippen molar-refractivity contribution in [2.45, 2.75) is 64.3 Å². The van der Waals surface area contributed by atoms with Crippen molar-refractivity contribution >= 4 is 0 Å². The second-order valence-electron chi connectivity index (χ2n) is 5.61. The average Bonchev–Trinajstić information content (AvgIpc) is 2.45. The van der Waals surface area contributed by atoms with Crippen LogP contribution in [0.1, 0.15) is 63.0 Å². The van der Waals surface area contributed by atoms with Gasteiger partial charge in [0.05, 0.1) is 0 Å². The van der Waals surface area contributed by atoms with Gasteiger partial charge in [-0.1, -0.05) is 44.5 Å². The lowest BCUT2D eigenvalue weighted by Gasteiger charge is -2.30. The van der Waals surface area contributed by atoms with E-state index in [-0.39, 0.29) is 0 Å². The summed E-state index contributed by atoms with van der Waals surface area (Å²) in [7, 11) is 0. The normalized spacial score (nSPS) is 24.1. The molecule has 1 aromatic carbocycles. The Kier molecular flexibility index (Phi) is 5.25. The van der Waals surface area contributed by atoms with E-state index in [1.165, 1.54) is 44.2 Å². The molecule has 1 N–H and O–H groups in total. The van der Waals surface area contributed by atoms with Crippen molar-refractivity contribution in [2.24, 2.45) is 0 Å². The highest BCUT2D eigenvalue weighted by molar-refractivity contribution is 5.27. The van der Waals surface area contributed by atoms with Gasteiger partial charge in [0.15, 0.2) is 0 Å². The summed E-state index contributed by atoms with van der Waals surface area (Å²) in [6.07, 6.45) is 7.83. The molecule has 1 heteroatoms. The van der Waals surface area contributed by atoms with Gasteiger partial charge in [-0.05, 0) is 55.7 Å².